The predicted octanol–water partition coefficient (Wildman–Crippen LogP) is 2.27. The van der Waals surface area contributed by atoms with Crippen molar-refractivity contribution in [3.8, 4) is 0 Å². The molecular formula is C14H22N6. The van der Waals surface area contributed by atoms with Gasteiger partial charge >= 0.3 is 0 Å². The molecule has 0 spiro atoms. The summed E-state index contributed by atoms with van der Waals surface area (Å²) in [5, 5.41) is 11.3. The smallest absolute Gasteiger partial charge is 0.226 e. The Morgan fingerprint density at radius 1 is 1.30 bits per heavy atom. The predicted molar refractivity (Wildman–Crippen MR) is 81.0 cm³/mol. The number of aromatic amines is 1. The number of anilines is 2. The van der Waals surface area contributed by atoms with E-state index in [9.17, 15) is 0 Å². The maximum atomic E-state index is 4.71. The third-order valence-electron chi connectivity index (χ3n) is 4.11. The van der Waals surface area contributed by atoms with Gasteiger partial charge in [-0.3, -0.25) is 5.10 Å². The lowest BCUT2D eigenvalue weighted by Crippen LogP contribution is -2.22. The number of hydrogen-bond acceptors (Lipinski definition) is 5. The molecule has 108 valence electrons. The maximum Gasteiger partial charge on any atom is 0.226 e. The molecule has 1 fully saturated rings. The van der Waals surface area contributed by atoms with E-state index in [-0.39, 0.29) is 0 Å². The van der Waals surface area contributed by atoms with Crippen LogP contribution in [0, 0.1) is 11.8 Å². The van der Waals surface area contributed by atoms with Gasteiger partial charge in [0.25, 0.3) is 0 Å². The first kappa shape index (κ1) is 13.1. The number of fused-ring (bicyclic) bond motifs is 1. The van der Waals surface area contributed by atoms with Crippen molar-refractivity contribution in [2.24, 2.45) is 11.8 Å². The highest BCUT2D eigenvalue weighted by molar-refractivity contribution is 5.87. The second-order valence-electron chi connectivity index (χ2n) is 5.79. The molecule has 2 aromatic heterocycles. The van der Waals surface area contributed by atoms with E-state index in [4.69, 9.17) is 4.98 Å². The second kappa shape index (κ2) is 5.26. The van der Waals surface area contributed by atoms with Crippen LogP contribution in [0.2, 0.25) is 0 Å². The topological polar surface area (TPSA) is 69.7 Å². The van der Waals surface area contributed by atoms with Crippen molar-refractivity contribution in [2.45, 2.75) is 27.2 Å². The minimum absolute atomic E-state index is 0.686. The van der Waals surface area contributed by atoms with Crippen molar-refractivity contribution < 1.29 is 0 Å². The fourth-order valence-electron chi connectivity index (χ4n) is 2.68. The monoisotopic (exact) mass is 274 g/mol. The molecule has 3 rings (SSSR count). The Hall–Kier alpha value is -1.85. The van der Waals surface area contributed by atoms with Crippen molar-refractivity contribution in [1.82, 2.24) is 20.2 Å². The molecule has 0 amide bonds. The minimum Gasteiger partial charge on any atom is -0.355 e. The fraction of sp³-hybridized carbons (Fsp3) is 0.643. The van der Waals surface area contributed by atoms with E-state index >= 15 is 0 Å². The molecule has 20 heavy (non-hydrogen) atoms. The molecule has 2 atom stereocenters. The van der Waals surface area contributed by atoms with Crippen molar-refractivity contribution in [3.05, 3.63) is 6.20 Å². The van der Waals surface area contributed by atoms with Crippen LogP contribution in [0.15, 0.2) is 6.20 Å². The van der Waals surface area contributed by atoms with E-state index in [1.54, 1.807) is 0 Å². The zero-order chi connectivity index (χ0) is 14.1. The van der Waals surface area contributed by atoms with Gasteiger partial charge in [0.05, 0.1) is 11.6 Å². The molecule has 2 aromatic rings. The summed E-state index contributed by atoms with van der Waals surface area (Å²) >= 11 is 0. The van der Waals surface area contributed by atoms with Crippen molar-refractivity contribution in [2.75, 3.05) is 29.9 Å². The van der Waals surface area contributed by atoms with E-state index in [2.05, 4.69) is 46.2 Å². The van der Waals surface area contributed by atoms with Gasteiger partial charge in [-0.15, -0.1) is 0 Å². The summed E-state index contributed by atoms with van der Waals surface area (Å²) < 4.78 is 0. The molecule has 2 N–H and O–H groups in total. The third kappa shape index (κ3) is 2.30. The van der Waals surface area contributed by atoms with E-state index in [0.717, 1.165) is 42.9 Å². The number of nitrogens with zero attached hydrogens (tertiary/aromatic N) is 4. The zero-order valence-corrected chi connectivity index (χ0v) is 12.3. The summed E-state index contributed by atoms with van der Waals surface area (Å²) in [7, 11) is 0. The zero-order valence-electron chi connectivity index (χ0n) is 12.3. The standard InChI is InChI=1S/C14H22N6/c1-4-5-15-14-17-12-11(6-16-19-12)13(18-14)20-7-9(2)10(3)8-20/h6,9-10H,4-5,7-8H2,1-3H3,(H2,15,16,17,18,19). The van der Waals surface area contributed by atoms with Gasteiger partial charge in [-0.05, 0) is 18.3 Å². The van der Waals surface area contributed by atoms with Crippen LogP contribution in [0.25, 0.3) is 11.0 Å². The van der Waals surface area contributed by atoms with Crippen LogP contribution >= 0.6 is 0 Å². The SMILES string of the molecule is CCCNc1nc(N2CC(C)C(C)C2)c2cn[nH]c2n1. The molecular weight excluding hydrogens is 252 g/mol. The summed E-state index contributed by atoms with van der Waals surface area (Å²) in [4.78, 5) is 11.5. The van der Waals surface area contributed by atoms with Gasteiger partial charge in [-0.2, -0.15) is 15.1 Å². The third-order valence-corrected chi connectivity index (χ3v) is 4.11. The first-order chi connectivity index (χ1) is 9.69. The van der Waals surface area contributed by atoms with E-state index in [0.29, 0.717) is 17.8 Å². The lowest BCUT2D eigenvalue weighted by atomic mass is 10.0. The van der Waals surface area contributed by atoms with Gasteiger partial charge in [-0.1, -0.05) is 20.8 Å². The van der Waals surface area contributed by atoms with Crippen LogP contribution in [0.5, 0.6) is 0 Å². The van der Waals surface area contributed by atoms with Gasteiger partial charge in [0.1, 0.15) is 5.82 Å². The molecule has 2 unspecified atom stereocenters. The average molecular weight is 274 g/mol. The number of aromatic nitrogens is 4. The molecule has 1 aliphatic rings. The fourth-order valence-corrected chi connectivity index (χ4v) is 2.68. The molecule has 0 aliphatic carbocycles. The van der Waals surface area contributed by atoms with Gasteiger partial charge in [0.15, 0.2) is 5.65 Å². The Morgan fingerprint density at radius 3 is 2.75 bits per heavy atom. The highest BCUT2D eigenvalue weighted by Gasteiger charge is 2.28. The summed E-state index contributed by atoms with van der Waals surface area (Å²) in [6.45, 7) is 9.71. The first-order valence-corrected chi connectivity index (χ1v) is 7.39. The minimum atomic E-state index is 0.686. The lowest BCUT2D eigenvalue weighted by molar-refractivity contribution is 0.494. The molecule has 1 saturated heterocycles. The van der Waals surface area contributed by atoms with Gasteiger partial charge < -0.3 is 10.2 Å². The highest BCUT2D eigenvalue weighted by Crippen LogP contribution is 2.31. The summed E-state index contributed by atoms with van der Waals surface area (Å²) in [5.74, 6) is 3.07. The molecule has 1 aliphatic heterocycles. The van der Waals surface area contributed by atoms with Crippen LogP contribution in [-0.2, 0) is 0 Å². The number of H-pyrrole nitrogens is 1. The molecule has 0 aromatic carbocycles. The van der Waals surface area contributed by atoms with E-state index < -0.39 is 0 Å². The number of rotatable bonds is 4. The lowest BCUT2D eigenvalue weighted by Gasteiger charge is -2.18. The molecule has 6 nitrogen and oxygen atoms in total. The molecule has 3 heterocycles. The summed E-state index contributed by atoms with van der Waals surface area (Å²) in [6.07, 6.45) is 2.87. The Bertz CT molecular complexity index is 582. The van der Waals surface area contributed by atoms with E-state index in [1.807, 2.05) is 6.20 Å². The van der Waals surface area contributed by atoms with Crippen LogP contribution < -0.4 is 10.2 Å². The molecule has 0 saturated carbocycles. The average Bonchev–Trinajstić information content (AvgIpc) is 3.03. The van der Waals surface area contributed by atoms with Crippen LogP contribution in [0.3, 0.4) is 0 Å². The molecule has 0 radical (unpaired) electrons. The van der Waals surface area contributed by atoms with Crippen molar-refractivity contribution in [1.29, 1.82) is 0 Å². The van der Waals surface area contributed by atoms with Crippen molar-refractivity contribution in [3.63, 3.8) is 0 Å². The Morgan fingerprint density at radius 2 is 2.05 bits per heavy atom. The molecule has 0 bridgehead atoms. The van der Waals surface area contributed by atoms with Gasteiger partial charge in [0.2, 0.25) is 5.95 Å². The number of hydrogen-bond donors (Lipinski definition) is 2. The summed E-state index contributed by atoms with van der Waals surface area (Å²) in [6, 6.07) is 0. The van der Waals surface area contributed by atoms with Gasteiger partial charge in [-0.25, -0.2) is 0 Å². The molecule has 6 heteroatoms. The Labute approximate surface area is 119 Å². The van der Waals surface area contributed by atoms with Crippen LogP contribution in [0.1, 0.15) is 27.2 Å². The normalized spacial score (nSPS) is 22.6. The van der Waals surface area contributed by atoms with E-state index in [1.165, 1.54) is 0 Å². The maximum absolute atomic E-state index is 4.71. The van der Waals surface area contributed by atoms with Crippen LogP contribution in [0.4, 0.5) is 11.8 Å². The van der Waals surface area contributed by atoms with Crippen LogP contribution in [-0.4, -0.2) is 39.8 Å². The first-order valence-electron chi connectivity index (χ1n) is 7.39. The highest BCUT2D eigenvalue weighted by atomic mass is 15.3. The summed E-state index contributed by atoms with van der Waals surface area (Å²) in [5.41, 5.74) is 0.806. The van der Waals surface area contributed by atoms with Gasteiger partial charge in [0, 0.05) is 19.6 Å². The Balaban J connectivity index is 1.97. The quantitative estimate of drug-likeness (QED) is 0.895. The Kier molecular flexibility index (Phi) is 3.46. The van der Waals surface area contributed by atoms with Crippen molar-refractivity contribution >= 4 is 22.8 Å². The second-order valence-corrected chi connectivity index (χ2v) is 5.79. The largest absolute Gasteiger partial charge is 0.355 e. The number of nitrogens with one attached hydrogen (secondary N) is 2.